The zero-order valence-corrected chi connectivity index (χ0v) is 25.4. The number of carbonyl (C=O) groups excluding carboxylic acids is 1. The number of halogens is 1. The molecule has 0 aromatic heterocycles. The van der Waals surface area contributed by atoms with Gasteiger partial charge in [0.15, 0.2) is 5.11 Å². The largest absolute Gasteiger partial charge is 0.492 e. The highest BCUT2D eigenvalue weighted by Crippen LogP contribution is 2.26. The molecule has 0 aliphatic heterocycles. The second-order valence-corrected chi connectivity index (χ2v) is 11.1. The molecule has 0 aliphatic carbocycles. The number of ether oxygens (including phenoxy) is 1. The summed E-state index contributed by atoms with van der Waals surface area (Å²) in [7, 11) is 0. The molecule has 0 spiro atoms. The Bertz CT molecular complexity index is 714. The minimum Gasteiger partial charge on any atom is -0.492 e. The summed E-state index contributed by atoms with van der Waals surface area (Å²) in [6.07, 6.45) is 23.5. The first-order chi connectivity index (χ1) is 17.6. The van der Waals surface area contributed by atoms with E-state index in [-0.39, 0.29) is 5.91 Å². The summed E-state index contributed by atoms with van der Waals surface area (Å²) < 4.78 is 6.60. The average molecular weight is 584 g/mol. The van der Waals surface area contributed by atoms with E-state index in [1.165, 1.54) is 103 Å². The van der Waals surface area contributed by atoms with E-state index in [4.69, 9.17) is 17.0 Å². The number of amides is 1. The van der Waals surface area contributed by atoms with Crippen LogP contribution in [0.1, 0.15) is 140 Å². The zero-order chi connectivity index (χ0) is 26.3. The van der Waals surface area contributed by atoms with Gasteiger partial charge in [0.2, 0.25) is 0 Å². The van der Waals surface area contributed by atoms with E-state index in [9.17, 15) is 4.79 Å². The van der Waals surface area contributed by atoms with Gasteiger partial charge in [-0.05, 0) is 59.2 Å². The van der Waals surface area contributed by atoms with Crippen LogP contribution < -0.4 is 15.4 Å². The predicted octanol–water partition coefficient (Wildman–Crippen LogP) is 9.49. The van der Waals surface area contributed by atoms with Crippen molar-refractivity contribution in [3.05, 3.63) is 28.2 Å². The van der Waals surface area contributed by atoms with Crippen molar-refractivity contribution < 1.29 is 9.53 Å². The summed E-state index contributed by atoms with van der Waals surface area (Å²) >= 11 is 8.81. The highest BCUT2D eigenvalue weighted by atomic mass is 79.9. The molecule has 1 amide bonds. The first-order valence-corrected chi connectivity index (χ1v) is 15.8. The van der Waals surface area contributed by atoms with Crippen molar-refractivity contribution in [2.24, 2.45) is 0 Å². The number of nitrogens with one attached hydrogen (secondary N) is 2. The quantitative estimate of drug-likeness (QED) is 0.105. The Balaban J connectivity index is 2.04. The van der Waals surface area contributed by atoms with E-state index in [0.717, 1.165) is 29.6 Å². The highest BCUT2D eigenvalue weighted by Gasteiger charge is 2.11. The molecule has 206 valence electrons. The van der Waals surface area contributed by atoms with E-state index in [0.29, 0.717) is 17.3 Å². The van der Waals surface area contributed by atoms with E-state index in [1.54, 1.807) is 12.1 Å². The molecular formula is C30H51BrN2O2S. The van der Waals surface area contributed by atoms with Gasteiger partial charge in [0.05, 0.1) is 11.1 Å². The highest BCUT2D eigenvalue weighted by molar-refractivity contribution is 9.10. The van der Waals surface area contributed by atoms with Gasteiger partial charge in [-0.2, -0.15) is 0 Å². The Hall–Kier alpha value is -1.14. The van der Waals surface area contributed by atoms with Gasteiger partial charge in [0.1, 0.15) is 5.75 Å². The maximum absolute atomic E-state index is 12.5. The van der Waals surface area contributed by atoms with Crippen LogP contribution in [-0.2, 0) is 0 Å². The molecule has 0 heterocycles. The Morgan fingerprint density at radius 1 is 0.778 bits per heavy atom. The van der Waals surface area contributed by atoms with E-state index >= 15 is 0 Å². The third-order valence-corrected chi connectivity index (χ3v) is 7.36. The fraction of sp³-hybridized carbons (Fsp3) is 0.733. The van der Waals surface area contributed by atoms with Crippen LogP contribution in [0.3, 0.4) is 0 Å². The summed E-state index contributed by atoms with van der Waals surface area (Å²) in [5, 5.41) is 6.33. The van der Waals surface area contributed by atoms with Crippen LogP contribution in [0.4, 0.5) is 0 Å². The number of benzene rings is 1. The van der Waals surface area contributed by atoms with Crippen LogP contribution in [0.5, 0.6) is 5.75 Å². The van der Waals surface area contributed by atoms with Crippen molar-refractivity contribution in [1.29, 1.82) is 0 Å². The second kappa shape index (κ2) is 23.0. The molecule has 0 fully saturated rings. The molecule has 0 atom stereocenters. The predicted molar refractivity (Wildman–Crippen MR) is 162 cm³/mol. The molecule has 6 heteroatoms. The number of hydrogen-bond acceptors (Lipinski definition) is 3. The first kappa shape index (κ1) is 32.9. The third-order valence-electron chi connectivity index (χ3n) is 6.49. The van der Waals surface area contributed by atoms with Gasteiger partial charge in [0.25, 0.3) is 5.91 Å². The molecule has 0 unspecified atom stereocenters. The van der Waals surface area contributed by atoms with Crippen molar-refractivity contribution in [2.45, 2.75) is 129 Å². The number of rotatable bonds is 22. The number of thiocarbonyl (C=S) groups is 1. The summed E-state index contributed by atoms with van der Waals surface area (Å²) in [5.41, 5.74) is 0.556. The minimum absolute atomic E-state index is 0.205. The van der Waals surface area contributed by atoms with Gasteiger partial charge < -0.3 is 10.1 Å². The third kappa shape index (κ3) is 17.3. The Kier molecular flexibility index (Phi) is 21.0. The summed E-state index contributed by atoms with van der Waals surface area (Å²) in [4.78, 5) is 12.5. The molecule has 0 aliphatic rings. The topological polar surface area (TPSA) is 50.4 Å². The summed E-state index contributed by atoms with van der Waals surface area (Å²) in [5.74, 6) is 0.560. The van der Waals surface area contributed by atoms with Gasteiger partial charge in [0, 0.05) is 12.1 Å². The fourth-order valence-electron chi connectivity index (χ4n) is 4.21. The monoisotopic (exact) mass is 582 g/mol. The van der Waals surface area contributed by atoms with Gasteiger partial charge >= 0.3 is 0 Å². The first-order valence-electron chi connectivity index (χ1n) is 14.6. The normalized spacial score (nSPS) is 10.9. The molecule has 0 saturated heterocycles. The lowest BCUT2D eigenvalue weighted by Crippen LogP contribution is -2.39. The van der Waals surface area contributed by atoms with Crippen LogP contribution in [0.25, 0.3) is 0 Å². The summed E-state index contributed by atoms with van der Waals surface area (Å²) in [6, 6.07) is 5.40. The average Bonchev–Trinajstić information content (AvgIpc) is 2.87. The van der Waals surface area contributed by atoms with Crippen molar-refractivity contribution in [1.82, 2.24) is 10.6 Å². The van der Waals surface area contributed by atoms with Crippen LogP contribution in [-0.4, -0.2) is 24.2 Å². The molecule has 36 heavy (non-hydrogen) atoms. The summed E-state index contributed by atoms with van der Waals surface area (Å²) in [6.45, 7) is 5.96. The van der Waals surface area contributed by atoms with Gasteiger partial charge in [-0.3, -0.25) is 10.1 Å². The zero-order valence-electron chi connectivity index (χ0n) is 23.0. The smallest absolute Gasteiger partial charge is 0.257 e. The standard InChI is InChI=1S/C30H51BrN2O2S/c1-3-5-7-9-10-11-12-13-14-15-16-17-18-19-23-32-30(36)33-29(34)26-21-22-28(27(31)25-26)35-24-20-8-6-4-2/h21-22,25H,3-20,23-24H2,1-2H3,(H2,32,33,34,36). The van der Waals surface area contributed by atoms with Crippen LogP contribution in [0, 0.1) is 0 Å². The molecule has 4 nitrogen and oxygen atoms in total. The maximum atomic E-state index is 12.5. The van der Waals surface area contributed by atoms with Crippen molar-refractivity contribution in [2.75, 3.05) is 13.2 Å². The molecule has 0 radical (unpaired) electrons. The van der Waals surface area contributed by atoms with E-state index in [2.05, 4.69) is 40.4 Å². The molecule has 1 aromatic carbocycles. The van der Waals surface area contributed by atoms with Gasteiger partial charge in [-0.15, -0.1) is 0 Å². The number of unbranched alkanes of at least 4 members (excludes halogenated alkanes) is 16. The Morgan fingerprint density at radius 3 is 1.81 bits per heavy atom. The van der Waals surface area contributed by atoms with Crippen LogP contribution in [0.15, 0.2) is 22.7 Å². The molecular weight excluding hydrogens is 532 g/mol. The van der Waals surface area contributed by atoms with Crippen LogP contribution >= 0.6 is 28.1 Å². The van der Waals surface area contributed by atoms with E-state index in [1.807, 2.05) is 6.07 Å². The number of hydrogen-bond donors (Lipinski definition) is 2. The Morgan fingerprint density at radius 2 is 1.28 bits per heavy atom. The van der Waals surface area contributed by atoms with Crippen molar-refractivity contribution in [3.8, 4) is 5.75 Å². The fourth-order valence-corrected chi connectivity index (χ4v) is 4.90. The minimum atomic E-state index is -0.205. The lowest BCUT2D eigenvalue weighted by atomic mass is 10.0. The molecule has 1 aromatic rings. The van der Waals surface area contributed by atoms with E-state index < -0.39 is 0 Å². The van der Waals surface area contributed by atoms with Crippen molar-refractivity contribution >= 4 is 39.2 Å². The molecule has 0 saturated carbocycles. The molecule has 1 rings (SSSR count). The van der Waals surface area contributed by atoms with Gasteiger partial charge in [-0.25, -0.2) is 0 Å². The molecule has 0 bridgehead atoms. The lowest BCUT2D eigenvalue weighted by molar-refractivity contribution is 0.0976. The lowest BCUT2D eigenvalue weighted by Gasteiger charge is -2.11. The maximum Gasteiger partial charge on any atom is 0.257 e. The Labute approximate surface area is 235 Å². The van der Waals surface area contributed by atoms with Gasteiger partial charge in [-0.1, -0.05) is 117 Å². The molecule has 2 N–H and O–H groups in total. The van der Waals surface area contributed by atoms with Crippen molar-refractivity contribution in [3.63, 3.8) is 0 Å². The SMILES string of the molecule is CCCCCCCCCCCCCCCCNC(=S)NC(=O)c1ccc(OCCCCCC)c(Br)c1. The second-order valence-electron chi connectivity index (χ2n) is 9.86. The van der Waals surface area contributed by atoms with Crippen LogP contribution in [0.2, 0.25) is 0 Å². The number of carbonyl (C=O) groups is 1.